The SMILES string of the molecule is CCc1nc(CCNC2CCN(Cc3ccco3)CC2)no1. The first-order chi connectivity index (χ1) is 10.8. The lowest BCUT2D eigenvalue weighted by Gasteiger charge is -2.31. The summed E-state index contributed by atoms with van der Waals surface area (Å²) in [6, 6.07) is 4.58. The summed E-state index contributed by atoms with van der Waals surface area (Å²) in [7, 11) is 0. The molecule has 1 N–H and O–H groups in total. The van der Waals surface area contributed by atoms with Crippen molar-refractivity contribution in [3.63, 3.8) is 0 Å². The number of piperidine rings is 1. The number of rotatable bonds is 7. The number of hydrogen-bond donors (Lipinski definition) is 1. The highest BCUT2D eigenvalue weighted by Gasteiger charge is 2.19. The smallest absolute Gasteiger partial charge is 0.226 e. The van der Waals surface area contributed by atoms with E-state index in [0.29, 0.717) is 6.04 Å². The minimum atomic E-state index is 0.588. The summed E-state index contributed by atoms with van der Waals surface area (Å²) in [5.41, 5.74) is 0. The highest BCUT2D eigenvalue weighted by molar-refractivity contribution is 4.98. The van der Waals surface area contributed by atoms with Crippen molar-refractivity contribution in [1.29, 1.82) is 0 Å². The van der Waals surface area contributed by atoms with Gasteiger partial charge in [-0.1, -0.05) is 12.1 Å². The van der Waals surface area contributed by atoms with Crippen molar-refractivity contribution in [3.8, 4) is 0 Å². The van der Waals surface area contributed by atoms with Gasteiger partial charge in [0.2, 0.25) is 5.89 Å². The fraction of sp³-hybridized carbons (Fsp3) is 0.625. The van der Waals surface area contributed by atoms with Gasteiger partial charge in [-0.15, -0.1) is 0 Å². The van der Waals surface area contributed by atoms with Crippen molar-refractivity contribution in [2.45, 2.75) is 45.2 Å². The Morgan fingerprint density at radius 3 is 2.91 bits per heavy atom. The maximum Gasteiger partial charge on any atom is 0.226 e. The first-order valence-corrected chi connectivity index (χ1v) is 8.13. The quantitative estimate of drug-likeness (QED) is 0.844. The van der Waals surface area contributed by atoms with Crippen molar-refractivity contribution in [2.24, 2.45) is 0 Å². The Balaban J connectivity index is 1.33. The molecule has 0 saturated carbocycles. The molecule has 0 aromatic carbocycles. The first-order valence-electron chi connectivity index (χ1n) is 8.13. The fourth-order valence-corrected chi connectivity index (χ4v) is 2.84. The van der Waals surface area contributed by atoms with Gasteiger partial charge in [0.25, 0.3) is 0 Å². The van der Waals surface area contributed by atoms with Crippen LogP contribution in [0.4, 0.5) is 0 Å². The van der Waals surface area contributed by atoms with Gasteiger partial charge in [0.05, 0.1) is 12.8 Å². The molecule has 1 aliphatic heterocycles. The summed E-state index contributed by atoms with van der Waals surface area (Å²) in [4.78, 5) is 6.78. The molecule has 2 aromatic heterocycles. The summed E-state index contributed by atoms with van der Waals surface area (Å²) in [5.74, 6) is 2.58. The molecule has 3 heterocycles. The van der Waals surface area contributed by atoms with Crippen LogP contribution in [-0.4, -0.2) is 40.7 Å². The number of likely N-dealkylation sites (tertiary alicyclic amines) is 1. The Labute approximate surface area is 130 Å². The molecule has 3 rings (SSSR count). The molecule has 1 aliphatic rings. The summed E-state index contributed by atoms with van der Waals surface area (Å²) in [5, 5.41) is 7.58. The van der Waals surface area contributed by atoms with E-state index < -0.39 is 0 Å². The number of aryl methyl sites for hydroxylation is 1. The van der Waals surface area contributed by atoms with E-state index in [1.54, 1.807) is 6.26 Å². The maximum absolute atomic E-state index is 5.41. The van der Waals surface area contributed by atoms with Crippen molar-refractivity contribution >= 4 is 0 Å². The lowest BCUT2D eigenvalue weighted by molar-refractivity contribution is 0.179. The average molecular weight is 304 g/mol. The molecule has 0 aliphatic carbocycles. The number of aromatic nitrogens is 2. The molecule has 0 spiro atoms. The van der Waals surface area contributed by atoms with Crippen molar-refractivity contribution in [2.75, 3.05) is 19.6 Å². The number of nitrogens with one attached hydrogen (secondary N) is 1. The van der Waals surface area contributed by atoms with Gasteiger partial charge in [-0.25, -0.2) is 0 Å². The summed E-state index contributed by atoms with van der Waals surface area (Å²) >= 11 is 0. The molecule has 120 valence electrons. The number of nitrogens with zero attached hydrogens (tertiary/aromatic N) is 3. The van der Waals surface area contributed by atoms with E-state index in [2.05, 4.69) is 20.4 Å². The summed E-state index contributed by atoms with van der Waals surface area (Å²) in [6.45, 7) is 6.07. The molecule has 0 amide bonds. The Morgan fingerprint density at radius 1 is 1.36 bits per heavy atom. The van der Waals surface area contributed by atoms with Crippen LogP contribution in [0.3, 0.4) is 0 Å². The molecule has 1 saturated heterocycles. The molecule has 0 atom stereocenters. The predicted molar refractivity (Wildman–Crippen MR) is 82.4 cm³/mol. The number of furan rings is 1. The largest absolute Gasteiger partial charge is 0.468 e. The van der Waals surface area contributed by atoms with Crippen LogP contribution in [0.2, 0.25) is 0 Å². The lowest BCUT2D eigenvalue weighted by atomic mass is 10.0. The van der Waals surface area contributed by atoms with Crippen molar-refractivity contribution < 1.29 is 8.94 Å². The van der Waals surface area contributed by atoms with Crippen LogP contribution < -0.4 is 5.32 Å². The Bertz CT molecular complexity index is 544. The standard InChI is InChI=1S/C16H24N4O2/c1-2-16-18-15(19-22-16)5-8-17-13-6-9-20(10-7-13)12-14-4-3-11-21-14/h3-4,11,13,17H,2,5-10,12H2,1H3. The van der Waals surface area contributed by atoms with Crippen LogP contribution >= 0.6 is 0 Å². The number of hydrogen-bond acceptors (Lipinski definition) is 6. The van der Waals surface area contributed by atoms with E-state index in [1.807, 2.05) is 19.1 Å². The van der Waals surface area contributed by atoms with Gasteiger partial charge in [0.15, 0.2) is 5.82 Å². The first kappa shape index (κ1) is 15.2. The monoisotopic (exact) mass is 304 g/mol. The molecular weight excluding hydrogens is 280 g/mol. The van der Waals surface area contributed by atoms with Crippen LogP contribution in [-0.2, 0) is 19.4 Å². The Hall–Kier alpha value is -1.66. The second kappa shape index (κ2) is 7.56. The molecule has 22 heavy (non-hydrogen) atoms. The Morgan fingerprint density at radius 2 is 2.23 bits per heavy atom. The van der Waals surface area contributed by atoms with Crippen LogP contribution in [0.1, 0.15) is 37.2 Å². The van der Waals surface area contributed by atoms with Gasteiger partial charge in [-0.05, 0) is 25.0 Å². The molecule has 6 heteroatoms. The maximum atomic E-state index is 5.41. The molecule has 0 bridgehead atoms. The zero-order valence-corrected chi connectivity index (χ0v) is 13.1. The molecule has 2 aromatic rings. The molecular formula is C16H24N4O2. The zero-order chi connectivity index (χ0) is 15.2. The van der Waals surface area contributed by atoms with Crippen LogP contribution in [0.15, 0.2) is 27.3 Å². The second-order valence-corrected chi connectivity index (χ2v) is 5.79. The third kappa shape index (κ3) is 4.18. The van der Waals surface area contributed by atoms with Gasteiger partial charge >= 0.3 is 0 Å². The van der Waals surface area contributed by atoms with E-state index in [0.717, 1.165) is 56.5 Å². The van der Waals surface area contributed by atoms with Crippen LogP contribution in [0.25, 0.3) is 0 Å². The van der Waals surface area contributed by atoms with E-state index in [4.69, 9.17) is 8.94 Å². The topological polar surface area (TPSA) is 67.3 Å². The van der Waals surface area contributed by atoms with Gasteiger partial charge in [-0.2, -0.15) is 4.98 Å². The van der Waals surface area contributed by atoms with E-state index in [-0.39, 0.29) is 0 Å². The summed E-state index contributed by atoms with van der Waals surface area (Å²) in [6.07, 6.45) is 5.72. The van der Waals surface area contributed by atoms with Crippen LogP contribution in [0.5, 0.6) is 0 Å². The highest BCUT2D eigenvalue weighted by Crippen LogP contribution is 2.14. The normalized spacial score (nSPS) is 17.1. The molecule has 0 unspecified atom stereocenters. The molecule has 1 fully saturated rings. The van der Waals surface area contributed by atoms with Gasteiger partial charge in [0, 0.05) is 38.5 Å². The van der Waals surface area contributed by atoms with Gasteiger partial charge in [0.1, 0.15) is 5.76 Å². The average Bonchev–Trinajstić information content (AvgIpc) is 3.20. The van der Waals surface area contributed by atoms with Crippen LogP contribution in [0, 0.1) is 0 Å². The highest BCUT2D eigenvalue weighted by atomic mass is 16.5. The van der Waals surface area contributed by atoms with Crippen molar-refractivity contribution in [3.05, 3.63) is 35.9 Å². The molecule has 6 nitrogen and oxygen atoms in total. The fourth-order valence-electron chi connectivity index (χ4n) is 2.84. The third-order valence-corrected chi connectivity index (χ3v) is 4.14. The van der Waals surface area contributed by atoms with E-state index >= 15 is 0 Å². The molecule has 0 radical (unpaired) electrons. The van der Waals surface area contributed by atoms with Gasteiger partial charge in [-0.3, -0.25) is 4.90 Å². The van der Waals surface area contributed by atoms with Gasteiger partial charge < -0.3 is 14.3 Å². The van der Waals surface area contributed by atoms with E-state index in [9.17, 15) is 0 Å². The minimum Gasteiger partial charge on any atom is -0.468 e. The zero-order valence-electron chi connectivity index (χ0n) is 13.1. The second-order valence-electron chi connectivity index (χ2n) is 5.79. The predicted octanol–water partition coefficient (Wildman–Crippen LogP) is 2.02. The Kier molecular flexibility index (Phi) is 5.24. The van der Waals surface area contributed by atoms with E-state index in [1.165, 1.54) is 12.8 Å². The minimum absolute atomic E-state index is 0.588. The van der Waals surface area contributed by atoms with Crippen molar-refractivity contribution in [1.82, 2.24) is 20.4 Å². The summed E-state index contributed by atoms with van der Waals surface area (Å²) < 4.78 is 10.5. The lowest BCUT2D eigenvalue weighted by Crippen LogP contribution is -2.42. The third-order valence-electron chi connectivity index (χ3n) is 4.14.